The molecule has 144 valence electrons. The number of pyridine rings is 1. The Labute approximate surface area is 153 Å². The number of benzene rings is 1. The van der Waals surface area contributed by atoms with Crippen LogP contribution in [0.2, 0.25) is 0 Å². The van der Waals surface area contributed by atoms with Crippen LogP contribution in [0.25, 0.3) is 0 Å². The molecule has 0 radical (unpaired) electrons. The molecule has 1 aromatic carbocycles. The van der Waals surface area contributed by atoms with Gasteiger partial charge >= 0.3 is 6.18 Å². The molecule has 0 aliphatic rings. The molecule has 0 bridgehead atoms. The molecule has 1 heterocycles. The second-order valence-electron chi connectivity index (χ2n) is 5.52. The molecule has 1 aromatic heterocycles. The van der Waals surface area contributed by atoms with Crippen molar-refractivity contribution in [3.05, 3.63) is 53.7 Å². The Balaban J connectivity index is 1.87. The summed E-state index contributed by atoms with van der Waals surface area (Å²) in [5.74, 6) is -0.472. The molecule has 27 heavy (non-hydrogen) atoms. The summed E-state index contributed by atoms with van der Waals surface area (Å²) in [6, 6.07) is 9.38. The van der Waals surface area contributed by atoms with Gasteiger partial charge in [-0.15, -0.1) is 0 Å². The van der Waals surface area contributed by atoms with Crippen molar-refractivity contribution in [2.75, 3.05) is 13.2 Å². The fourth-order valence-corrected chi connectivity index (χ4v) is 2.04. The summed E-state index contributed by atoms with van der Waals surface area (Å²) in [6.45, 7) is -0.449. The first kappa shape index (κ1) is 20.2. The molecule has 1 amide bonds. The van der Waals surface area contributed by atoms with Gasteiger partial charge in [-0.3, -0.25) is 9.59 Å². The van der Waals surface area contributed by atoms with Crippen molar-refractivity contribution in [1.29, 1.82) is 0 Å². The minimum absolute atomic E-state index is 0.0727. The van der Waals surface area contributed by atoms with E-state index in [1.165, 1.54) is 31.3 Å². The molecule has 6 nitrogen and oxygen atoms in total. The van der Waals surface area contributed by atoms with Crippen molar-refractivity contribution < 1.29 is 32.2 Å². The van der Waals surface area contributed by atoms with Crippen LogP contribution in [0, 0.1) is 0 Å². The van der Waals surface area contributed by atoms with E-state index in [-0.39, 0.29) is 24.8 Å². The standard InChI is InChI=1S/C18H17F3N2O4/c1-12(24)13-4-2-6-15(8-13)26-10-16(25)23-9-14-5-3-7-22-17(14)27-11-18(19,20)21/h2-8H,9-11H2,1H3,(H,23,25). The van der Waals surface area contributed by atoms with E-state index in [4.69, 9.17) is 4.74 Å². The molecule has 0 spiro atoms. The van der Waals surface area contributed by atoms with E-state index in [9.17, 15) is 22.8 Å². The van der Waals surface area contributed by atoms with E-state index in [0.717, 1.165) is 0 Å². The minimum atomic E-state index is -4.49. The summed E-state index contributed by atoms with van der Waals surface area (Å²) in [7, 11) is 0. The van der Waals surface area contributed by atoms with E-state index in [0.29, 0.717) is 16.9 Å². The van der Waals surface area contributed by atoms with E-state index >= 15 is 0 Å². The largest absolute Gasteiger partial charge is 0.484 e. The zero-order chi connectivity index (χ0) is 19.9. The van der Waals surface area contributed by atoms with Gasteiger partial charge in [-0.1, -0.05) is 18.2 Å². The van der Waals surface area contributed by atoms with Crippen LogP contribution in [0.1, 0.15) is 22.8 Å². The average Bonchev–Trinajstić information content (AvgIpc) is 2.63. The Hall–Kier alpha value is -3.10. The lowest BCUT2D eigenvalue weighted by Gasteiger charge is -2.12. The number of amides is 1. The molecule has 0 aliphatic heterocycles. The first-order valence-corrected chi connectivity index (χ1v) is 7.88. The average molecular weight is 382 g/mol. The molecule has 0 unspecified atom stereocenters. The summed E-state index contributed by atoms with van der Waals surface area (Å²) < 4.78 is 46.8. The van der Waals surface area contributed by atoms with Gasteiger partial charge < -0.3 is 14.8 Å². The number of nitrogens with zero attached hydrogens (tertiary/aromatic N) is 1. The van der Waals surface area contributed by atoms with Gasteiger partial charge in [0.2, 0.25) is 5.88 Å². The third-order valence-electron chi connectivity index (χ3n) is 3.31. The molecule has 1 N–H and O–H groups in total. The van der Waals surface area contributed by atoms with Gasteiger partial charge in [0, 0.05) is 23.9 Å². The van der Waals surface area contributed by atoms with Gasteiger partial charge in [-0.25, -0.2) is 4.98 Å². The number of ether oxygens (including phenoxy) is 2. The second-order valence-corrected chi connectivity index (χ2v) is 5.52. The number of hydrogen-bond donors (Lipinski definition) is 1. The molecule has 2 aromatic rings. The maximum Gasteiger partial charge on any atom is 0.422 e. The van der Waals surface area contributed by atoms with Crippen molar-refractivity contribution in [1.82, 2.24) is 10.3 Å². The first-order valence-electron chi connectivity index (χ1n) is 7.88. The molecule has 2 rings (SSSR count). The Kier molecular flexibility index (Phi) is 6.75. The minimum Gasteiger partial charge on any atom is -0.484 e. The summed E-state index contributed by atoms with van der Waals surface area (Å²) in [5.41, 5.74) is 0.753. The van der Waals surface area contributed by atoms with Gasteiger partial charge in [0.15, 0.2) is 19.0 Å². The summed E-state index contributed by atoms with van der Waals surface area (Å²) in [5, 5.41) is 2.51. The number of carbonyl (C=O) groups excluding carboxylic acids is 2. The maximum atomic E-state index is 12.3. The van der Waals surface area contributed by atoms with Crippen LogP contribution in [0.3, 0.4) is 0 Å². The van der Waals surface area contributed by atoms with Crippen LogP contribution in [0.15, 0.2) is 42.6 Å². The number of hydrogen-bond acceptors (Lipinski definition) is 5. The zero-order valence-electron chi connectivity index (χ0n) is 14.4. The van der Waals surface area contributed by atoms with Crippen LogP contribution < -0.4 is 14.8 Å². The molecule has 0 fully saturated rings. The fraction of sp³-hybridized carbons (Fsp3) is 0.278. The number of carbonyl (C=O) groups is 2. The van der Waals surface area contributed by atoms with E-state index in [2.05, 4.69) is 15.0 Å². The van der Waals surface area contributed by atoms with Gasteiger partial charge in [0.05, 0.1) is 0 Å². The van der Waals surface area contributed by atoms with Gasteiger partial charge in [-0.2, -0.15) is 13.2 Å². The summed E-state index contributed by atoms with van der Waals surface area (Å²) >= 11 is 0. The van der Waals surface area contributed by atoms with Gasteiger partial charge in [-0.05, 0) is 25.1 Å². The Morgan fingerprint density at radius 3 is 2.63 bits per heavy atom. The second kappa shape index (κ2) is 9.02. The van der Waals surface area contributed by atoms with Crippen LogP contribution in [0.4, 0.5) is 13.2 Å². The molecule has 0 saturated heterocycles. The fourth-order valence-electron chi connectivity index (χ4n) is 2.04. The quantitative estimate of drug-likeness (QED) is 0.711. The third-order valence-corrected chi connectivity index (χ3v) is 3.31. The summed E-state index contributed by atoms with van der Waals surface area (Å²) in [6.07, 6.45) is -3.19. The smallest absolute Gasteiger partial charge is 0.422 e. The SMILES string of the molecule is CC(=O)c1cccc(OCC(=O)NCc2cccnc2OCC(F)(F)F)c1. The number of rotatable bonds is 8. The van der Waals surface area contributed by atoms with Crippen molar-refractivity contribution >= 4 is 11.7 Å². The van der Waals surface area contributed by atoms with Crippen molar-refractivity contribution in [2.45, 2.75) is 19.6 Å². The topological polar surface area (TPSA) is 77.5 Å². The van der Waals surface area contributed by atoms with Gasteiger partial charge in [0.1, 0.15) is 5.75 Å². The molecule has 0 saturated carbocycles. The normalized spacial score (nSPS) is 11.0. The van der Waals surface area contributed by atoms with E-state index in [1.807, 2.05) is 0 Å². The number of nitrogens with one attached hydrogen (secondary N) is 1. The lowest BCUT2D eigenvalue weighted by molar-refractivity contribution is -0.154. The number of ketones is 1. The van der Waals surface area contributed by atoms with Gasteiger partial charge in [0.25, 0.3) is 5.91 Å². The Morgan fingerprint density at radius 2 is 1.93 bits per heavy atom. The molecule has 0 aliphatic carbocycles. The van der Waals surface area contributed by atoms with Crippen molar-refractivity contribution in [2.24, 2.45) is 0 Å². The van der Waals surface area contributed by atoms with Crippen LogP contribution in [0.5, 0.6) is 11.6 Å². The first-order chi connectivity index (χ1) is 12.7. The van der Waals surface area contributed by atoms with Crippen molar-refractivity contribution in [3.8, 4) is 11.6 Å². The van der Waals surface area contributed by atoms with Crippen LogP contribution >= 0.6 is 0 Å². The molecule has 0 atom stereocenters. The van der Waals surface area contributed by atoms with E-state index < -0.39 is 18.7 Å². The highest BCUT2D eigenvalue weighted by atomic mass is 19.4. The Bertz CT molecular complexity index is 809. The number of halogens is 3. The lowest BCUT2D eigenvalue weighted by Crippen LogP contribution is -2.29. The maximum absolute atomic E-state index is 12.3. The highest BCUT2D eigenvalue weighted by Gasteiger charge is 2.29. The predicted molar refractivity (Wildman–Crippen MR) is 89.6 cm³/mol. The van der Waals surface area contributed by atoms with Crippen LogP contribution in [-0.2, 0) is 11.3 Å². The number of Topliss-reactive ketones (excluding diaryl/α,β-unsaturated/α-hetero) is 1. The summed E-state index contributed by atoms with van der Waals surface area (Å²) in [4.78, 5) is 27.0. The van der Waals surface area contributed by atoms with Crippen molar-refractivity contribution in [3.63, 3.8) is 0 Å². The lowest BCUT2D eigenvalue weighted by atomic mass is 10.1. The predicted octanol–water partition coefficient (Wildman–Crippen LogP) is 2.92. The highest BCUT2D eigenvalue weighted by Crippen LogP contribution is 2.20. The monoisotopic (exact) mass is 382 g/mol. The molecular weight excluding hydrogens is 365 g/mol. The van der Waals surface area contributed by atoms with E-state index in [1.54, 1.807) is 18.2 Å². The third kappa shape index (κ3) is 6.96. The molecular formula is C18H17F3N2O4. The number of aromatic nitrogens is 1. The highest BCUT2D eigenvalue weighted by molar-refractivity contribution is 5.94. The zero-order valence-corrected chi connectivity index (χ0v) is 14.4. The Morgan fingerprint density at radius 1 is 1.15 bits per heavy atom. The van der Waals surface area contributed by atoms with Crippen LogP contribution in [-0.4, -0.2) is 36.1 Å². The number of alkyl halides is 3. The molecule has 9 heteroatoms.